The lowest BCUT2D eigenvalue weighted by Gasteiger charge is -2.09. The van der Waals surface area contributed by atoms with Crippen LogP contribution in [0.1, 0.15) is 29.9 Å². The molecule has 1 aromatic heterocycles. The highest BCUT2D eigenvalue weighted by atomic mass is 32.1. The van der Waals surface area contributed by atoms with Gasteiger partial charge >= 0.3 is 0 Å². The van der Waals surface area contributed by atoms with Gasteiger partial charge in [-0.1, -0.05) is 19.1 Å². The standard InChI is InChI=1S/C13H15NO2S/c1-2-13(15)10-3-5-11(6-4-10)16-8-12-7-14-9-17-12/h3-7,9,13,15H,2,8H2,1H3/t13-/m1/s1. The normalized spacial score (nSPS) is 12.4. The molecule has 1 aromatic carbocycles. The Kier molecular flexibility index (Phi) is 4.12. The summed E-state index contributed by atoms with van der Waals surface area (Å²) in [5.74, 6) is 0.811. The molecule has 2 aromatic rings. The SMILES string of the molecule is CC[C@@H](O)c1ccc(OCc2cncs2)cc1. The van der Waals surface area contributed by atoms with Gasteiger partial charge in [-0.05, 0) is 24.1 Å². The van der Waals surface area contributed by atoms with Crippen LogP contribution >= 0.6 is 11.3 Å². The van der Waals surface area contributed by atoms with Crippen LogP contribution in [0.15, 0.2) is 36.0 Å². The molecule has 2 rings (SSSR count). The fourth-order valence-corrected chi connectivity index (χ4v) is 2.00. The third-order valence-corrected chi connectivity index (χ3v) is 3.27. The first kappa shape index (κ1) is 12.1. The van der Waals surface area contributed by atoms with Crippen molar-refractivity contribution in [3.8, 4) is 5.75 Å². The van der Waals surface area contributed by atoms with Crippen molar-refractivity contribution in [1.82, 2.24) is 4.98 Å². The zero-order valence-corrected chi connectivity index (χ0v) is 10.5. The van der Waals surface area contributed by atoms with E-state index >= 15 is 0 Å². The van der Waals surface area contributed by atoms with Crippen LogP contribution < -0.4 is 4.74 Å². The van der Waals surface area contributed by atoms with Crippen molar-refractivity contribution < 1.29 is 9.84 Å². The van der Waals surface area contributed by atoms with Crippen molar-refractivity contribution in [2.45, 2.75) is 26.1 Å². The molecule has 0 amide bonds. The highest BCUT2D eigenvalue weighted by Crippen LogP contribution is 2.20. The van der Waals surface area contributed by atoms with Crippen molar-refractivity contribution in [2.24, 2.45) is 0 Å². The molecule has 0 spiro atoms. The summed E-state index contributed by atoms with van der Waals surface area (Å²) in [6, 6.07) is 7.57. The second-order valence-electron chi connectivity index (χ2n) is 3.75. The van der Waals surface area contributed by atoms with E-state index in [4.69, 9.17) is 4.74 Å². The average molecular weight is 249 g/mol. The Labute approximate surface area is 105 Å². The van der Waals surface area contributed by atoms with Crippen molar-refractivity contribution in [3.63, 3.8) is 0 Å². The third kappa shape index (κ3) is 3.28. The molecule has 1 N–H and O–H groups in total. The predicted octanol–water partition coefficient (Wildman–Crippen LogP) is 3.17. The summed E-state index contributed by atoms with van der Waals surface area (Å²) in [5.41, 5.74) is 2.72. The first-order valence-corrected chi connectivity index (χ1v) is 6.45. The van der Waals surface area contributed by atoms with Crippen LogP contribution in [-0.2, 0) is 6.61 Å². The van der Waals surface area contributed by atoms with Gasteiger partial charge in [0.05, 0.1) is 16.5 Å². The summed E-state index contributed by atoms with van der Waals surface area (Å²) in [4.78, 5) is 5.09. The van der Waals surface area contributed by atoms with Crippen LogP contribution in [0, 0.1) is 0 Å². The lowest BCUT2D eigenvalue weighted by Crippen LogP contribution is -1.96. The van der Waals surface area contributed by atoms with Crippen molar-refractivity contribution in [3.05, 3.63) is 46.4 Å². The van der Waals surface area contributed by atoms with E-state index in [1.807, 2.05) is 31.2 Å². The fraction of sp³-hybridized carbons (Fsp3) is 0.308. The minimum atomic E-state index is -0.384. The highest BCUT2D eigenvalue weighted by Gasteiger charge is 2.04. The minimum absolute atomic E-state index is 0.384. The first-order chi connectivity index (χ1) is 8.29. The molecule has 0 fully saturated rings. The van der Waals surface area contributed by atoms with Gasteiger partial charge in [-0.15, -0.1) is 11.3 Å². The summed E-state index contributed by atoms with van der Waals surface area (Å²) in [5, 5.41) is 9.65. The molecule has 1 heterocycles. The van der Waals surface area contributed by atoms with Crippen molar-refractivity contribution in [1.29, 1.82) is 0 Å². The maximum atomic E-state index is 9.65. The summed E-state index contributed by atoms with van der Waals surface area (Å²) in [7, 11) is 0. The maximum absolute atomic E-state index is 9.65. The number of thiazole rings is 1. The molecule has 0 bridgehead atoms. The number of hydrogen-bond donors (Lipinski definition) is 1. The summed E-state index contributed by atoms with van der Waals surface area (Å²) in [6.07, 6.45) is 2.14. The van der Waals surface area contributed by atoms with Gasteiger partial charge in [-0.2, -0.15) is 0 Å². The second kappa shape index (κ2) is 5.80. The molecule has 0 saturated carbocycles. The second-order valence-corrected chi connectivity index (χ2v) is 4.72. The van der Waals surface area contributed by atoms with Crippen molar-refractivity contribution in [2.75, 3.05) is 0 Å². The van der Waals surface area contributed by atoms with E-state index in [0.717, 1.165) is 22.6 Å². The zero-order valence-electron chi connectivity index (χ0n) is 9.67. The molecule has 0 aliphatic carbocycles. The summed E-state index contributed by atoms with van der Waals surface area (Å²) < 4.78 is 5.61. The number of nitrogens with zero attached hydrogens (tertiary/aromatic N) is 1. The molecule has 90 valence electrons. The largest absolute Gasteiger partial charge is 0.488 e. The van der Waals surface area contributed by atoms with E-state index in [1.54, 1.807) is 23.0 Å². The van der Waals surface area contributed by atoms with E-state index in [2.05, 4.69) is 4.98 Å². The number of ether oxygens (including phenoxy) is 1. The number of benzene rings is 1. The molecule has 4 heteroatoms. The number of aliphatic hydroxyl groups is 1. The molecule has 0 unspecified atom stereocenters. The number of rotatable bonds is 5. The number of aromatic nitrogens is 1. The van der Waals surface area contributed by atoms with E-state index in [-0.39, 0.29) is 6.10 Å². The third-order valence-electron chi connectivity index (χ3n) is 2.52. The molecule has 0 saturated heterocycles. The molecular weight excluding hydrogens is 234 g/mol. The van der Waals surface area contributed by atoms with Gasteiger partial charge in [-0.25, -0.2) is 0 Å². The van der Waals surface area contributed by atoms with Gasteiger partial charge in [0, 0.05) is 6.20 Å². The van der Waals surface area contributed by atoms with E-state index < -0.39 is 0 Å². The fourth-order valence-electron chi connectivity index (χ4n) is 1.49. The van der Waals surface area contributed by atoms with Crippen LogP contribution in [0.5, 0.6) is 5.75 Å². The Morgan fingerprint density at radius 3 is 2.71 bits per heavy atom. The van der Waals surface area contributed by atoms with Gasteiger partial charge in [0.1, 0.15) is 12.4 Å². The van der Waals surface area contributed by atoms with Crippen LogP contribution in [0.4, 0.5) is 0 Å². The van der Waals surface area contributed by atoms with Crippen LogP contribution in [-0.4, -0.2) is 10.1 Å². The molecule has 1 atom stereocenters. The Bertz CT molecular complexity index is 439. The monoisotopic (exact) mass is 249 g/mol. The quantitative estimate of drug-likeness (QED) is 0.885. The first-order valence-electron chi connectivity index (χ1n) is 5.57. The number of aliphatic hydroxyl groups excluding tert-OH is 1. The zero-order chi connectivity index (χ0) is 12.1. The molecule has 0 aliphatic rings. The molecule has 0 aliphatic heterocycles. The van der Waals surface area contributed by atoms with Gasteiger partial charge in [0.15, 0.2) is 0 Å². The lowest BCUT2D eigenvalue weighted by molar-refractivity contribution is 0.173. The minimum Gasteiger partial charge on any atom is -0.488 e. The molecule has 3 nitrogen and oxygen atoms in total. The predicted molar refractivity (Wildman–Crippen MR) is 68.1 cm³/mol. The number of hydrogen-bond acceptors (Lipinski definition) is 4. The van der Waals surface area contributed by atoms with Gasteiger partial charge in [-0.3, -0.25) is 4.98 Å². The maximum Gasteiger partial charge on any atom is 0.124 e. The van der Waals surface area contributed by atoms with E-state index in [9.17, 15) is 5.11 Å². The summed E-state index contributed by atoms with van der Waals surface area (Å²) in [6.45, 7) is 2.50. The van der Waals surface area contributed by atoms with Crippen LogP contribution in [0.25, 0.3) is 0 Å². The molecular formula is C13H15NO2S. The Morgan fingerprint density at radius 2 is 2.12 bits per heavy atom. The lowest BCUT2D eigenvalue weighted by atomic mass is 10.1. The van der Waals surface area contributed by atoms with Gasteiger partial charge in [0.2, 0.25) is 0 Å². The Hall–Kier alpha value is -1.39. The average Bonchev–Trinajstić information content (AvgIpc) is 2.89. The van der Waals surface area contributed by atoms with E-state index in [0.29, 0.717) is 6.61 Å². The van der Waals surface area contributed by atoms with Gasteiger partial charge in [0.25, 0.3) is 0 Å². The molecule has 0 radical (unpaired) electrons. The highest BCUT2D eigenvalue weighted by molar-refractivity contribution is 7.09. The van der Waals surface area contributed by atoms with E-state index in [1.165, 1.54) is 0 Å². The van der Waals surface area contributed by atoms with Gasteiger partial charge < -0.3 is 9.84 Å². The smallest absolute Gasteiger partial charge is 0.124 e. The summed E-state index contributed by atoms with van der Waals surface area (Å²) >= 11 is 1.58. The Balaban J connectivity index is 1.94. The Morgan fingerprint density at radius 1 is 1.35 bits per heavy atom. The molecule has 17 heavy (non-hydrogen) atoms. The topological polar surface area (TPSA) is 42.4 Å². The van der Waals surface area contributed by atoms with Crippen LogP contribution in [0.3, 0.4) is 0 Å². The van der Waals surface area contributed by atoms with Crippen LogP contribution in [0.2, 0.25) is 0 Å². The van der Waals surface area contributed by atoms with Crippen molar-refractivity contribution >= 4 is 11.3 Å².